The molecule has 2 bridgehead atoms. The quantitative estimate of drug-likeness (QED) is 0.0505. The summed E-state index contributed by atoms with van der Waals surface area (Å²) in [6.07, 6.45) is -11.0. The lowest BCUT2D eigenvalue weighted by atomic mass is 9.44. The number of carbonyl (C=O) groups is 6. The number of hydrogen-bond acceptors (Lipinski definition) is 16. The Morgan fingerprint density at radius 2 is 1.44 bits per heavy atom. The Kier molecular flexibility index (Phi) is 14.1. The average molecular weight is 964 g/mol. The van der Waals surface area contributed by atoms with Crippen LogP contribution in [0.1, 0.15) is 86.7 Å². The molecule has 7 rings (SSSR count). The summed E-state index contributed by atoms with van der Waals surface area (Å²) in [5.74, 6) is -7.26. The minimum atomic E-state index is -5.20. The van der Waals surface area contributed by atoms with Gasteiger partial charge in [-0.2, -0.15) is 0 Å². The Morgan fingerprint density at radius 1 is 0.853 bits per heavy atom. The summed E-state index contributed by atoms with van der Waals surface area (Å²) >= 11 is 0. The van der Waals surface area contributed by atoms with Crippen LogP contribution in [0.15, 0.2) is 102 Å². The highest BCUT2D eigenvalue weighted by molar-refractivity contribution is 7.46. The van der Waals surface area contributed by atoms with E-state index in [4.69, 9.17) is 28.4 Å². The minimum Gasteiger partial charge on any atom is -0.456 e. The molecule has 0 unspecified atom stereocenters. The van der Waals surface area contributed by atoms with E-state index in [1.54, 1.807) is 66.7 Å². The van der Waals surface area contributed by atoms with Gasteiger partial charge in [0.05, 0.1) is 35.6 Å². The van der Waals surface area contributed by atoms with Crippen LogP contribution in [-0.2, 0) is 56.7 Å². The molecule has 1 amide bonds. The normalized spacial score (nSPS) is 30.4. The molecule has 1 saturated heterocycles. The molecule has 0 aromatic heterocycles. The molecule has 3 fully saturated rings. The van der Waals surface area contributed by atoms with Crippen molar-refractivity contribution in [1.29, 1.82) is 0 Å². The van der Waals surface area contributed by atoms with E-state index in [2.05, 4.69) is 9.84 Å². The number of fused-ring (bicyclic) bond motifs is 5. The second-order valence-corrected chi connectivity index (χ2v) is 19.5. The molecule has 0 spiro atoms. The van der Waals surface area contributed by atoms with Gasteiger partial charge in [0.25, 0.3) is 5.91 Å². The lowest BCUT2D eigenvalue weighted by molar-refractivity contribution is -0.346. The van der Waals surface area contributed by atoms with E-state index >= 15 is 4.79 Å². The summed E-state index contributed by atoms with van der Waals surface area (Å²) < 4.78 is 52.7. The molecule has 11 atom stereocenters. The highest BCUT2D eigenvalue weighted by Crippen LogP contribution is 2.64. The van der Waals surface area contributed by atoms with Gasteiger partial charge in [-0.25, -0.2) is 14.2 Å². The summed E-state index contributed by atoms with van der Waals surface area (Å²) in [6, 6.07) is 22.1. The van der Waals surface area contributed by atoms with Crippen LogP contribution < -0.4 is 5.32 Å². The maximum atomic E-state index is 15.6. The highest BCUT2D eigenvalue weighted by Gasteiger charge is 2.78. The third-order valence-corrected chi connectivity index (χ3v) is 14.4. The number of ketones is 1. The number of aliphatic hydroxyl groups excluding tert-OH is 1. The molecule has 0 radical (unpaired) electrons. The first-order valence-electron chi connectivity index (χ1n) is 21.8. The van der Waals surface area contributed by atoms with Crippen molar-refractivity contribution in [1.82, 2.24) is 5.32 Å². The molecule has 1 heterocycles. The van der Waals surface area contributed by atoms with Gasteiger partial charge >= 0.3 is 31.7 Å². The first-order valence-corrected chi connectivity index (χ1v) is 23.3. The monoisotopic (exact) mass is 963 g/mol. The van der Waals surface area contributed by atoms with Crippen LogP contribution in [0.3, 0.4) is 0 Å². The molecule has 19 nitrogen and oxygen atoms in total. The van der Waals surface area contributed by atoms with Crippen LogP contribution in [0.5, 0.6) is 0 Å². The predicted molar refractivity (Wildman–Crippen MR) is 235 cm³/mol. The molecule has 3 aromatic carbocycles. The Balaban J connectivity index is 1.42. The van der Waals surface area contributed by atoms with Gasteiger partial charge in [0, 0.05) is 37.7 Å². The van der Waals surface area contributed by atoms with Gasteiger partial charge in [0.2, 0.25) is 0 Å². The number of hydrogen-bond donors (Lipinski definition) is 5. The van der Waals surface area contributed by atoms with Crippen LogP contribution in [0.25, 0.3) is 0 Å². The maximum absolute atomic E-state index is 15.6. The third-order valence-electron chi connectivity index (χ3n) is 13.9. The van der Waals surface area contributed by atoms with Crippen LogP contribution in [0, 0.1) is 16.7 Å². The zero-order valence-corrected chi connectivity index (χ0v) is 39.0. The molecule has 20 heteroatoms. The fraction of sp³-hybridized carbons (Fsp3) is 0.458. The molecule has 3 aromatic rings. The minimum absolute atomic E-state index is 0.0221. The number of Topliss-reactive ketones (excluding diaryl/α,β-unsaturated/α-hetero) is 1. The smallest absolute Gasteiger partial charge is 0.456 e. The molecule has 3 aliphatic carbocycles. The summed E-state index contributed by atoms with van der Waals surface area (Å²) in [5.41, 5.74) is -7.73. The van der Waals surface area contributed by atoms with Crippen molar-refractivity contribution in [3.05, 3.63) is 119 Å². The fourth-order valence-corrected chi connectivity index (χ4v) is 10.7. The van der Waals surface area contributed by atoms with Gasteiger partial charge in [-0.3, -0.25) is 23.7 Å². The molecule has 68 heavy (non-hydrogen) atoms. The lowest BCUT2D eigenvalue weighted by Crippen LogP contribution is -2.82. The van der Waals surface area contributed by atoms with Crippen LogP contribution in [0.2, 0.25) is 0 Å². The van der Waals surface area contributed by atoms with Crippen molar-refractivity contribution in [3.63, 3.8) is 0 Å². The fourth-order valence-electron chi connectivity index (χ4n) is 10.5. The number of phosphoric ester groups is 1. The topological polar surface area (TPSA) is 277 Å². The number of esters is 4. The predicted octanol–water partition coefficient (Wildman–Crippen LogP) is 3.83. The van der Waals surface area contributed by atoms with Crippen LogP contribution in [-0.4, -0.2) is 117 Å². The van der Waals surface area contributed by atoms with E-state index in [1.165, 1.54) is 52.0 Å². The van der Waals surface area contributed by atoms with Gasteiger partial charge in [0.15, 0.2) is 30.4 Å². The number of aliphatic hydroxyl groups is 2. The van der Waals surface area contributed by atoms with E-state index < -0.39 is 127 Å². The van der Waals surface area contributed by atoms with Crippen molar-refractivity contribution >= 4 is 43.4 Å². The lowest BCUT2D eigenvalue weighted by Gasteiger charge is -2.67. The van der Waals surface area contributed by atoms with Crippen molar-refractivity contribution in [2.75, 3.05) is 13.4 Å². The summed E-state index contributed by atoms with van der Waals surface area (Å²) in [5, 5.41) is 28.7. The molecule has 4 aliphatic rings. The highest BCUT2D eigenvalue weighted by atomic mass is 31.2. The van der Waals surface area contributed by atoms with Gasteiger partial charge in [-0.1, -0.05) is 80.6 Å². The van der Waals surface area contributed by atoms with E-state index in [0.29, 0.717) is 0 Å². The van der Waals surface area contributed by atoms with E-state index in [9.17, 15) is 48.5 Å². The average Bonchev–Trinajstić information content (AvgIpc) is 3.28. The van der Waals surface area contributed by atoms with Gasteiger partial charge in [0.1, 0.15) is 23.9 Å². The number of benzene rings is 3. The largest absolute Gasteiger partial charge is 0.471 e. The van der Waals surface area contributed by atoms with Gasteiger partial charge < -0.3 is 53.7 Å². The third kappa shape index (κ3) is 9.17. The van der Waals surface area contributed by atoms with Crippen molar-refractivity contribution < 1.29 is 86.3 Å². The zero-order valence-electron chi connectivity index (χ0n) is 38.1. The zero-order chi connectivity index (χ0) is 49.6. The standard InChI is InChI=1S/C48H54NO18P/c1-26-32(65-44(56)38(62-25-63-68(58,59)60)36(29-16-10-7-11-17-29)49-42(54)30-18-12-8-13-19-30)23-48(57)41(66-43(55)31-20-14-9-15-21-31)39-46(6,33(52)22-34-47(39,24-61-34)67-28(3)51)40(53)37(64-27(2)50)35(26)45(48,4)5/h7-21,32-34,36-39,41,52,57H,22-25H2,1-6H3,(H,49,54)(H2,58,59,60)/t32-,33-,34+,36-,37+,38+,39-,41-,46+,47-,48+/m0/s1. The van der Waals surface area contributed by atoms with Crippen LogP contribution in [0.4, 0.5) is 0 Å². The molecule has 2 saturated carbocycles. The van der Waals surface area contributed by atoms with Crippen LogP contribution >= 0.6 is 7.82 Å². The van der Waals surface area contributed by atoms with Crippen molar-refractivity contribution in [3.8, 4) is 0 Å². The van der Waals surface area contributed by atoms with E-state index in [0.717, 1.165) is 13.8 Å². The number of amides is 1. The van der Waals surface area contributed by atoms with Gasteiger partial charge in [-0.15, -0.1) is 0 Å². The van der Waals surface area contributed by atoms with Crippen molar-refractivity contribution in [2.24, 2.45) is 16.7 Å². The second-order valence-electron chi connectivity index (χ2n) is 18.2. The van der Waals surface area contributed by atoms with E-state index in [-0.39, 0.29) is 40.9 Å². The Hall–Kier alpha value is -5.63. The Labute approximate surface area is 391 Å². The van der Waals surface area contributed by atoms with Gasteiger partial charge in [-0.05, 0) is 54.8 Å². The van der Waals surface area contributed by atoms with Crippen molar-refractivity contribution in [2.45, 2.75) is 108 Å². The Morgan fingerprint density at radius 3 is 1.99 bits per heavy atom. The van der Waals surface area contributed by atoms with E-state index in [1.807, 2.05) is 0 Å². The summed E-state index contributed by atoms with van der Waals surface area (Å²) in [7, 11) is -5.20. The molecule has 1 aliphatic heterocycles. The first-order chi connectivity index (χ1) is 32.0. The summed E-state index contributed by atoms with van der Waals surface area (Å²) in [4.78, 5) is 104. The number of rotatable bonds is 14. The summed E-state index contributed by atoms with van der Waals surface area (Å²) in [6.45, 7) is 6.48. The SMILES string of the molecule is CC(=O)O[C@H]1C(=O)[C@@]2(C)[C@H]([C@H](OC(=O)c3ccccc3)[C@]3(O)C[C@H](OC(=O)[C@H](OCOP(=O)(O)O)[C@@H](NC(=O)c4ccccc4)c4ccccc4)C(C)=C1C3(C)C)[C@]1(OC(C)=O)CO[C@@H]1C[C@@H]2O. The number of nitrogens with one attached hydrogen (secondary N) is 1. The molecular weight excluding hydrogens is 909 g/mol. The second kappa shape index (κ2) is 19.0. The number of ether oxygens (including phenoxy) is 6. The molecule has 364 valence electrons. The first kappa shape index (κ1) is 50.3. The number of phosphoric acid groups is 1. The molecule has 5 N–H and O–H groups in total. The molecular formula is C48H54NO18P. The number of carbonyl (C=O) groups excluding carboxylic acids is 6. The maximum Gasteiger partial charge on any atom is 0.471 e. The Bertz CT molecular complexity index is 2510.